The summed E-state index contributed by atoms with van der Waals surface area (Å²) < 4.78 is 0. The first-order chi connectivity index (χ1) is 8.38. The third kappa shape index (κ3) is 1.69. The molecular formula is C16H27N. The van der Waals surface area contributed by atoms with Gasteiger partial charge in [0, 0.05) is 5.54 Å². The van der Waals surface area contributed by atoms with Crippen LogP contribution in [-0.4, -0.2) is 12.1 Å². The molecule has 1 heterocycles. The van der Waals surface area contributed by atoms with Gasteiger partial charge in [0.15, 0.2) is 0 Å². The molecule has 1 aliphatic heterocycles. The fraction of sp³-hybridized carbons (Fsp3) is 1.00. The summed E-state index contributed by atoms with van der Waals surface area (Å²) in [5.41, 5.74) is 0.607. The molecule has 0 aromatic rings. The van der Waals surface area contributed by atoms with Crippen molar-refractivity contribution in [3.8, 4) is 0 Å². The number of fused-ring (bicyclic) bond motifs is 2. The normalized spacial score (nSPS) is 50.5. The van der Waals surface area contributed by atoms with Gasteiger partial charge in [-0.3, -0.25) is 0 Å². The molecule has 0 amide bonds. The quantitative estimate of drug-likeness (QED) is 0.766. The molecule has 3 aliphatic carbocycles. The van der Waals surface area contributed by atoms with Crippen molar-refractivity contribution in [2.45, 2.75) is 69.7 Å². The van der Waals surface area contributed by atoms with Gasteiger partial charge in [0.1, 0.15) is 0 Å². The van der Waals surface area contributed by atoms with E-state index in [4.69, 9.17) is 0 Å². The van der Waals surface area contributed by atoms with Crippen molar-refractivity contribution in [1.82, 2.24) is 5.32 Å². The Labute approximate surface area is 106 Å². The molecule has 4 atom stereocenters. The third-order valence-electron chi connectivity index (χ3n) is 6.43. The van der Waals surface area contributed by atoms with E-state index in [9.17, 15) is 0 Å². The summed E-state index contributed by atoms with van der Waals surface area (Å²) in [5.74, 6) is 4.34. The second-order valence-corrected chi connectivity index (χ2v) is 7.33. The minimum atomic E-state index is 0.607. The fourth-order valence-corrected chi connectivity index (χ4v) is 5.57. The molecule has 0 aromatic carbocycles. The molecule has 2 bridgehead atoms. The lowest BCUT2D eigenvalue weighted by molar-refractivity contribution is 0.115. The van der Waals surface area contributed by atoms with E-state index in [2.05, 4.69) is 5.32 Å². The van der Waals surface area contributed by atoms with Crippen LogP contribution in [0.1, 0.15) is 64.2 Å². The number of nitrogens with one attached hydrogen (secondary N) is 1. The molecule has 4 fully saturated rings. The zero-order valence-corrected chi connectivity index (χ0v) is 11.1. The van der Waals surface area contributed by atoms with Crippen LogP contribution in [0.25, 0.3) is 0 Å². The van der Waals surface area contributed by atoms with E-state index in [1.807, 2.05) is 0 Å². The smallest absolute Gasteiger partial charge is 0.0240 e. The van der Waals surface area contributed by atoms with Crippen LogP contribution >= 0.6 is 0 Å². The largest absolute Gasteiger partial charge is 0.311 e. The summed E-state index contributed by atoms with van der Waals surface area (Å²) in [5, 5.41) is 4.08. The van der Waals surface area contributed by atoms with E-state index in [-0.39, 0.29) is 0 Å². The fourth-order valence-electron chi connectivity index (χ4n) is 5.57. The number of hydrogen-bond acceptors (Lipinski definition) is 1. The molecule has 4 aliphatic rings. The van der Waals surface area contributed by atoms with Crippen LogP contribution in [0.5, 0.6) is 0 Å². The molecule has 17 heavy (non-hydrogen) atoms. The highest BCUT2D eigenvalue weighted by Crippen LogP contribution is 2.58. The molecule has 0 radical (unpaired) electrons. The Balaban J connectivity index is 1.61. The highest BCUT2D eigenvalue weighted by atomic mass is 15.0. The second kappa shape index (κ2) is 3.98. The van der Waals surface area contributed by atoms with E-state index in [0.717, 1.165) is 23.7 Å². The molecule has 3 saturated carbocycles. The molecule has 4 rings (SSSR count). The van der Waals surface area contributed by atoms with Crippen molar-refractivity contribution < 1.29 is 0 Å². The third-order valence-corrected chi connectivity index (χ3v) is 6.43. The van der Waals surface area contributed by atoms with E-state index in [1.165, 1.54) is 45.1 Å². The Morgan fingerprint density at radius 2 is 1.82 bits per heavy atom. The van der Waals surface area contributed by atoms with Crippen molar-refractivity contribution in [2.24, 2.45) is 23.7 Å². The van der Waals surface area contributed by atoms with Gasteiger partial charge in [-0.25, -0.2) is 0 Å². The van der Waals surface area contributed by atoms with E-state index < -0.39 is 0 Å². The summed E-state index contributed by atoms with van der Waals surface area (Å²) in [6.07, 6.45) is 15.2. The van der Waals surface area contributed by atoms with Crippen LogP contribution in [0.4, 0.5) is 0 Å². The van der Waals surface area contributed by atoms with Gasteiger partial charge in [-0.1, -0.05) is 19.3 Å². The average molecular weight is 233 g/mol. The number of hydrogen-bond donors (Lipinski definition) is 1. The van der Waals surface area contributed by atoms with E-state index in [0.29, 0.717) is 5.54 Å². The van der Waals surface area contributed by atoms with Gasteiger partial charge in [-0.15, -0.1) is 0 Å². The van der Waals surface area contributed by atoms with Crippen LogP contribution in [-0.2, 0) is 0 Å². The van der Waals surface area contributed by atoms with E-state index in [1.54, 1.807) is 25.7 Å². The topological polar surface area (TPSA) is 12.0 Å². The molecule has 1 N–H and O–H groups in total. The monoisotopic (exact) mass is 233 g/mol. The molecule has 1 nitrogen and oxygen atoms in total. The predicted molar refractivity (Wildman–Crippen MR) is 70.9 cm³/mol. The number of rotatable bonds is 2. The Bertz CT molecular complexity index is 286. The second-order valence-electron chi connectivity index (χ2n) is 7.33. The molecule has 96 valence electrons. The molecular weight excluding hydrogens is 206 g/mol. The maximum atomic E-state index is 4.08. The molecule has 1 heteroatoms. The minimum Gasteiger partial charge on any atom is -0.311 e. The SMILES string of the molecule is C1CCNC(C2CC2)(C2CC3CCC2C3)CC1. The Morgan fingerprint density at radius 1 is 0.882 bits per heavy atom. The zero-order valence-electron chi connectivity index (χ0n) is 11.1. The van der Waals surface area contributed by atoms with Crippen molar-refractivity contribution in [3.63, 3.8) is 0 Å². The summed E-state index contributed by atoms with van der Waals surface area (Å²) in [6.45, 7) is 1.31. The summed E-state index contributed by atoms with van der Waals surface area (Å²) in [4.78, 5) is 0. The average Bonchev–Trinajstić information content (AvgIpc) is 3.06. The van der Waals surface area contributed by atoms with Crippen molar-refractivity contribution in [3.05, 3.63) is 0 Å². The van der Waals surface area contributed by atoms with Crippen LogP contribution in [0, 0.1) is 23.7 Å². The van der Waals surface area contributed by atoms with Crippen molar-refractivity contribution >= 4 is 0 Å². The van der Waals surface area contributed by atoms with Crippen molar-refractivity contribution in [1.29, 1.82) is 0 Å². The lowest BCUT2D eigenvalue weighted by Crippen LogP contribution is -2.54. The van der Waals surface area contributed by atoms with Gasteiger partial charge in [0.2, 0.25) is 0 Å². The van der Waals surface area contributed by atoms with Crippen molar-refractivity contribution in [2.75, 3.05) is 6.54 Å². The van der Waals surface area contributed by atoms with Gasteiger partial charge in [0.05, 0.1) is 0 Å². The summed E-state index contributed by atoms with van der Waals surface area (Å²) in [6, 6.07) is 0. The van der Waals surface area contributed by atoms with Crippen LogP contribution in [0.15, 0.2) is 0 Å². The summed E-state index contributed by atoms with van der Waals surface area (Å²) >= 11 is 0. The first-order valence-electron chi connectivity index (χ1n) is 8.13. The molecule has 1 saturated heterocycles. The predicted octanol–water partition coefficient (Wildman–Crippen LogP) is 3.74. The van der Waals surface area contributed by atoms with E-state index >= 15 is 0 Å². The van der Waals surface area contributed by atoms with Gasteiger partial charge >= 0.3 is 0 Å². The molecule has 0 spiro atoms. The van der Waals surface area contributed by atoms with Crippen LogP contribution in [0.2, 0.25) is 0 Å². The maximum Gasteiger partial charge on any atom is 0.0240 e. The first kappa shape index (κ1) is 10.8. The highest BCUT2D eigenvalue weighted by Gasteiger charge is 2.55. The Kier molecular flexibility index (Phi) is 2.54. The van der Waals surface area contributed by atoms with Crippen LogP contribution in [0.3, 0.4) is 0 Å². The Morgan fingerprint density at radius 3 is 2.53 bits per heavy atom. The van der Waals surface area contributed by atoms with Gasteiger partial charge < -0.3 is 5.32 Å². The summed E-state index contributed by atoms with van der Waals surface area (Å²) in [7, 11) is 0. The first-order valence-corrected chi connectivity index (χ1v) is 8.13. The lowest BCUT2D eigenvalue weighted by atomic mass is 9.69. The molecule has 4 unspecified atom stereocenters. The standard InChI is InChI=1S/C16H27N/c1-2-8-16(14-6-7-14,17-9-3-1)15-11-12-4-5-13(15)10-12/h12-15,17H,1-11H2. The van der Waals surface area contributed by atoms with Gasteiger partial charge in [0.25, 0.3) is 0 Å². The minimum absolute atomic E-state index is 0.607. The van der Waals surface area contributed by atoms with Gasteiger partial charge in [-0.05, 0) is 75.2 Å². The lowest BCUT2D eigenvalue weighted by Gasteiger charge is -2.44. The Hall–Kier alpha value is -0.0400. The maximum absolute atomic E-state index is 4.08. The highest BCUT2D eigenvalue weighted by molar-refractivity contribution is 5.10. The molecule has 0 aromatic heterocycles. The van der Waals surface area contributed by atoms with Gasteiger partial charge in [-0.2, -0.15) is 0 Å². The van der Waals surface area contributed by atoms with Crippen LogP contribution < -0.4 is 5.32 Å². The zero-order chi connectivity index (χ0) is 11.3.